The molecule has 0 saturated heterocycles. The van der Waals surface area contributed by atoms with Crippen molar-refractivity contribution < 1.29 is 0 Å². The first-order valence-electron chi connectivity index (χ1n) is 10.4. The quantitative estimate of drug-likeness (QED) is 0.277. The molecule has 31 heavy (non-hydrogen) atoms. The average molecular weight is 466 g/mol. The highest BCUT2D eigenvalue weighted by atomic mass is 79.9. The van der Waals surface area contributed by atoms with E-state index in [1.807, 2.05) is 28.9 Å². The van der Waals surface area contributed by atoms with E-state index in [2.05, 4.69) is 101 Å². The van der Waals surface area contributed by atoms with Gasteiger partial charge in [-0.25, -0.2) is 4.68 Å². The molecule has 0 radical (unpaired) electrons. The van der Waals surface area contributed by atoms with Crippen LogP contribution >= 0.6 is 15.9 Å². The Bertz CT molecular complexity index is 1480. The van der Waals surface area contributed by atoms with Gasteiger partial charge in [0.15, 0.2) is 0 Å². The summed E-state index contributed by atoms with van der Waals surface area (Å²) < 4.78 is 2.92. The number of benzene rings is 4. The van der Waals surface area contributed by atoms with Crippen molar-refractivity contribution >= 4 is 27.0 Å². The lowest BCUT2D eigenvalue weighted by atomic mass is 9.81. The number of hydrogen-bond donors (Lipinski definition) is 0. The van der Waals surface area contributed by atoms with Crippen molar-refractivity contribution in [3.05, 3.63) is 101 Å². The lowest BCUT2D eigenvalue weighted by molar-refractivity contribution is 0.660. The molecule has 1 aromatic heterocycles. The molecule has 0 aliphatic heterocycles. The molecule has 0 bridgehead atoms. The van der Waals surface area contributed by atoms with E-state index in [9.17, 15) is 0 Å². The lowest BCUT2D eigenvalue weighted by Crippen LogP contribution is -2.14. The maximum absolute atomic E-state index is 4.40. The molecule has 3 nitrogen and oxygen atoms in total. The number of hydrogen-bond acceptors (Lipinski definition) is 2. The minimum atomic E-state index is -0.0150. The second kappa shape index (κ2) is 6.63. The highest BCUT2D eigenvalue weighted by molar-refractivity contribution is 9.10. The third-order valence-electron chi connectivity index (χ3n) is 6.40. The summed E-state index contributed by atoms with van der Waals surface area (Å²) in [5.41, 5.74) is 10.7. The van der Waals surface area contributed by atoms with Gasteiger partial charge in [-0.3, -0.25) is 0 Å². The Balaban J connectivity index is 1.50. The summed E-state index contributed by atoms with van der Waals surface area (Å²) in [5, 5.41) is 8.71. The fourth-order valence-corrected chi connectivity index (χ4v) is 5.29. The first-order chi connectivity index (χ1) is 15.0. The highest BCUT2D eigenvalue weighted by Gasteiger charge is 2.35. The van der Waals surface area contributed by atoms with Gasteiger partial charge in [0.25, 0.3) is 0 Å². The van der Waals surface area contributed by atoms with Crippen LogP contribution in [0.15, 0.2) is 89.4 Å². The van der Waals surface area contributed by atoms with Gasteiger partial charge >= 0.3 is 0 Å². The van der Waals surface area contributed by atoms with Gasteiger partial charge in [-0.05, 0) is 69.8 Å². The van der Waals surface area contributed by atoms with E-state index in [-0.39, 0.29) is 5.41 Å². The molecule has 0 amide bonds. The number of para-hydroxylation sites is 1. The smallest absolute Gasteiger partial charge is 0.113 e. The maximum atomic E-state index is 4.40. The van der Waals surface area contributed by atoms with E-state index < -0.39 is 0 Å². The fraction of sp³-hybridized carbons (Fsp3) is 0.111. The zero-order chi connectivity index (χ0) is 21.2. The molecule has 0 unspecified atom stereocenters. The average Bonchev–Trinajstić information content (AvgIpc) is 3.31. The second-order valence-electron chi connectivity index (χ2n) is 8.62. The van der Waals surface area contributed by atoms with Crippen LogP contribution in [-0.2, 0) is 5.41 Å². The monoisotopic (exact) mass is 465 g/mol. The van der Waals surface area contributed by atoms with Crippen LogP contribution in [0.4, 0.5) is 0 Å². The Labute approximate surface area is 189 Å². The van der Waals surface area contributed by atoms with Crippen molar-refractivity contribution in [2.24, 2.45) is 0 Å². The van der Waals surface area contributed by atoms with Gasteiger partial charge < -0.3 is 0 Å². The number of rotatable bonds is 2. The summed E-state index contributed by atoms with van der Waals surface area (Å²) >= 11 is 3.71. The Morgan fingerprint density at radius 3 is 2.42 bits per heavy atom. The standard InChI is InChI=1S/C27H20BrN3/c1-27(2)23-8-4-3-7-21(23)22-12-11-17(15-24(22)27)18-13-19(28)16-20(14-18)31-26-10-6-5-9-25(26)29-30-31/h3-16H,1-2H3. The number of fused-ring (bicyclic) bond motifs is 4. The fourth-order valence-electron chi connectivity index (χ4n) is 4.81. The summed E-state index contributed by atoms with van der Waals surface area (Å²) in [7, 11) is 0. The van der Waals surface area contributed by atoms with E-state index >= 15 is 0 Å². The molecular weight excluding hydrogens is 446 g/mol. The van der Waals surface area contributed by atoms with E-state index in [0.717, 1.165) is 26.8 Å². The SMILES string of the molecule is CC1(C)c2ccccc2-c2ccc(-c3cc(Br)cc(-n4nnc5ccccc54)c3)cc21. The topological polar surface area (TPSA) is 30.7 Å². The maximum Gasteiger partial charge on any atom is 0.113 e. The first kappa shape index (κ1) is 18.5. The molecule has 0 saturated carbocycles. The Kier molecular flexibility index (Phi) is 3.96. The van der Waals surface area contributed by atoms with Crippen LogP contribution in [0.5, 0.6) is 0 Å². The van der Waals surface area contributed by atoms with Crippen LogP contribution in [0.2, 0.25) is 0 Å². The zero-order valence-corrected chi connectivity index (χ0v) is 18.9. The molecule has 1 aliphatic carbocycles. The molecule has 0 fully saturated rings. The van der Waals surface area contributed by atoms with Crippen LogP contribution in [0.1, 0.15) is 25.0 Å². The van der Waals surface area contributed by atoms with Crippen molar-refractivity contribution in [3.8, 4) is 27.9 Å². The zero-order valence-electron chi connectivity index (χ0n) is 17.3. The van der Waals surface area contributed by atoms with Gasteiger partial charge in [0, 0.05) is 9.89 Å². The van der Waals surface area contributed by atoms with Crippen molar-refractivity contribution in [1.82, 2.24) is 15.0 Å². The van der Waals surface area contributed by atoms with Crippen LogP contribution in [0, 0.1) is 0 Å². The molecular formula is C27H20BrN3. The molecule has 1 heterocycles. The second-order valence-corrected chi connectivity index (χ2v) is 9.53. The van der Waals surface area contributed by atoms with Gasteiger partial charge in [0.1, 0.15) is 5.52 Å². The molecule has 6 rings (SSSR count). The van der Waals surface area contributed by atoms with Crippen LogP contribution in [0.25, 0.3) is 39.0 Å². The molecule has 0 atom stereocenters. The minimum Gasteiger partial charge on any atom is -0.213 e. The molecule has 4 aromatic carbocycles. The number of nitrogens with zero attached hydrogens (tertiary/aromatic N) is 3. The van der Waals surface area contributed by atoms with E-state index in [1.54, 1.807) is 0 Å². The summed E-state index contributed by atoms with van der Waals surface area (Å²) in [6, 6.07) is 30.0. The summed E-state index contributed by atoms with van der Waals surface area (Å²) in [6.07, 6.45) is 0. The van der Waals surface area contributed by atoms with Gasteiger partial charge in [0.05, 0.1) is 11.2 Å². The highest BCUT2D eigenvalue weighted by Crippen LogP contribution is 2.49. The molecule has 1 aliphatic rings. The van der Waals surface area contributed by atoms with Gasteiger partial charge in [-0.2, -0.15) is 0 Å². The van der Waals surface area contributed by atoms with Gasteiger partial charge in [0.2, 0.25) is 0 Å². The van der Waals surface area contributed by atoms with Crippen LogP contribution in [0.3, 0.4) is 0 Å². The Morgan fingerprint density at radius 2 is 1.52 bits per heavy atom. The van der Waals surface area contributed by atoms with Crippen molar-refractivity contribution in [2.75, 3.05) is 0 Å². The predicted molar refractivity (Wildman–Crippen MR) is 130 cm³/mol. The third kappa shape index (κ3) is 2.78. The predicted octanol–water partition coefficient (Wildman–Crippen LogP) is 7.16. The summed E-state index contributed by atoms with van der Waals surface area (Å²) in [5.74, 6) is 0. The molecule has 5 aromatic rings. The normalized spacial score (nSPS) is 13.9. The molecule has 150 valence electrons. The van der Waals surface area contributed by atoms with Crippen molar-refractivity contribution in [3.63, 3.8) is 0 Å². The first-order valence-corrected chi connectivity index (χ1v) is 11.2. The van der Waals surface area contributed by atoms with Crippen molar-refractivity contribution in [2.45, 2.75) is 19.3 Å². The lowest BCUT2D eigenvalue weighted by Gasteiger charge is -2.22. The van der Waals surface area contributed by atoms with Crippen LogP contribution < -0.4 is 0 Å². The van der Waals surface area contributed by atoms with E-state index in [4.69, 9.17) is 0 Å². The van der Waals surface area contributed by atoms with Gasteiger partial charge in [-0.15, -0.1) is 5.10 Å². The Morgan fingerprint density at radius 1 is 0.742 bits per heavy atom. The van der Waals surface area contributed by atoms with E-state index in [0.29, 0.717) is 0 Å². The molecule has 4 heteroatoms. The molecule has 0 N–H and O–H groups in total. The van der Waals surface area contributed by atoms with Crippen molar-refractivity contribution in [1.29, 1.82) is 0 Å². The largest absolute Gasteiger partial charge is 0.213 e. The third-order valence-corrected chi connectivity index (χ3v) is 6.85. The number of halogens is 1. The van der Waals surface area contributed by atoms with Gasteiger partial charge in [-0.1, -0.05) is 83.5 Å². The number of aromatic nitrogens is 3. The summed E-state index contributed by atoms with van der Waals surface area (Å²) in [6.45, 7) is 4.63. The Hall–Kier alpha value is -3.24. The molecule has 0 spiro atoms. The minimum absolute atomic E-state index is 0.0150. The van der Waals surface area contributed by atoms with E-state index in [1.165, 1.54) is 27.8 Å². The summed E-state index contributed by atoms with van der Waals surface area (Å²) in [4.78, 5) is 0. The van der Waals surface area contributed by atoms with Crippen LogP contribution in [-0.4, -0.2) is 15.0 Å².